The number of pyridine rings is 1. The van der Waals surface area contributed by atoms with Crippen molar-refractivity contribution in [1.82, 2.24) is 34.9 Å². The molecule has 1 aliphatic heterocycles. The molecule has 236 valence electrons. The molecule has 1 fully saturated rings. The highest BCUT2D eigenvalue weighted by Crippen LogP contribution is 2.31. The molecule has 6 aromatic rings. The average Bonchev–Trinajstić information content (AvgIpc) is 3.63. The van der Waals surface area contributed by atoms with Crippen LogP contribution in [0.4, 0.5) is 0 Å². The Morgan fingerprint density at radius 3 is 2.34 bits per heavy atom. The SMILES string of the molecule is CC[C@H](NC(=O)c1c(CN2CCC(c3nc(-c4cnccn4)no3)CC2)n(-c2ccccc2)c(=O)c2ccccc12)c1ccccc1. The molecule has 1 amide bonds. The smallest absolute Gasteiger partial charge is 0.263 e. The molecule has 10 nitrogen and oxygen atoms in total. The predicted octanol–water partition coefficient (Wildman–Crippen LogP) is 6.09. The molecule has 0 bridgehead atoms. The van der Waals surface area contributed by atoms with Gasteiger partial charge in [0.25, 0.3) is 11.5 Å². The normalized spacial score (nSPS) is 14.7. The van der Waals surface area contributed by atoms with Gasteiger partial charge in [0.1, 0.15) is 5.69 Å². The van der Waals surface area contributed by atoms with E-state index in [0.29, 0.717) is 46.0 Å². The van der Waals surface area contributed by atoms with Crippen LogP contribution >= 0.6 is 0 Å². The zero-order chi connectivity index (χ0) is 32.2. The van der Waals surface area contributed by atoms with E-state index in [1.165, 1.54) is 0 Å². The Morgan fingerprint density at radius 2 is 1.64 bits per heavy atom. The molecule has 0 aliphatic carbocycles. The topological polar surface area (TPSA) is 119 Å². The van der Waals surface area contributed by atoms with Gasteiger partial charge in [0.2, 0.25) is 11.7 Å². The fourth-order valence-corrected chi connectivity index (χ4v) is 6.46. The number of fused-ring (bicyclic) bond motifs is 1. The Bertz CT molecular complexity index is 2040. The highest BCUT2D eigenvalue weighted by atomic mass is 16.5. The van der Waals surface area contributed by atoms with Crippen LogP contribution in [0.5, 0.6) is 0 Å². The molecular formula is C37H35N7O3. The Labute approximate surface area is 272 Å². The maximum Gasteiger partial charge on any atom is 0.263 e. The van der Waals surface area contributed by atoms with Crippen molar-refractivity contribution in [3.8, 4) is 17.2 Å². The minimum atomic E-state index is -0.200. The van der Waals surface area contributed by atoms with Gasteiger partial charge in [-0.3, -0.25) is 24.0 Å². The molecule has 0 unspecified atom stereocenters. The molecule has 0 spiro atoms. The zero-order valence-electron chi connectivity index (χ0n) is 26.1. The first-order valence-electron chi connectivity index (χ1n) is 16.0. The first-order chi connectivity index (χ1) is 23.1. The lowest BCUT2D eigenvalue weighted by Crippen LogP contribution is -2.38. The molecule has 1 saturated heterocycles. The number of piperidine rings is 1. The zero-order valence-corrected chi connectivity index (χ0v) is 26.1. The number of rotatable bonds is 9. The van der Waals surface area contributed by atoms with Crippen molar-refractivity contribution in [3.63, 3.8) is 0 Å². The van der Waals surface area contributed by atoms with Crippen LogP contribution in [0.3, 0.4) is 0 Å². The largest absolute Gasteiger partial charge is 0.345 e. The van der Waals surface area contributed by atoms with E-state index in [0.717, 1.165) is 43.6 Å². The number of aromatic nitrogens is 5. The summed E-state index contributed by atoms with van der Waals surface area (Å²) in [6.45, 7) is 3.94. The maximum absolute atomic E-state index is 14.4. The van der Waals surface area contributed by atoms with E-state index < -0.39 is 0 Å². The number of hydrogen-bond acceptors (Lipinski definition) is 8. The Morgan fingerprint density at radius 1 is 0.936 bits per heavy atom. The van der Waals surface area contributed by atoms with Crippen molar-refractivity contribution in [3.05, 3.63) is 137 Å². The first-order valence-corrected chi connectivity index (χ1v) is 16.0. The number of nitrogens with zero attached hydrogens (tertiary/aromatic N) is 6. The third-order valence-corrected chi connectivity index (χ3v) is 8.89. The van der Waals surface area contributed by atoms with Crippen molar-refractivity contribution >= 4 is 16.7 Å². The van der Waals surface area contributed by atoms with Gasteiger partial charge < -0.3 is 9.84 Å². The number of amides is 1. The van der Waals surface area contributed by atoms with Crippen molar-refractivity contribution in [2.24, 2.45) is 0 Å². The molecule has 3 aromatic heterocycles. The summed E-state index contributed by atoms with van der Waals surface area (Å²) in [6, 6.07) is 26.8. The lowest BCUT2D eigenvalue weighted by Gasteiger charge is -2.32. The Hall–Kier alpha value is -5.48. The molecule has 10 heteroatoms. The van der Waals surface area contributed by atoms with Gasteiger partial charge in [-0.1, -0.05) is 78.8 Å². The fraction of sp³-hybridized carbons (Fsp3) is 0.243. The second kappa shape index (κ2) is 13.5. The lowest BCUT2D eigenvalue weighted by atomic mass is 9.95. The molecule has 47 heavy (non-hydrogen) atoms. The molecular weight excluding hydrogens is 590 g/mol. The molecule has 1 atom stereocenters. The van der Waals surface area contributed by atoms with Gasteiger partial charge in [-0.05, 0) is 56.1 Å². The van der Waals surface area contributed by atoms with Gasteiger partial charge >= 0.3 is 0 Å². The molecule has 7 rings (SSSR count). The van der Waals surface area contributed by atoms with Gasteiger partial charge in [0.15, 0.2) is 0 Å². The minimum Gasteiger partial charge on any atom is -0.345 e. The summed E-state index contributed by atoms with van der Waals surface area (Å²) in [5, 5.41) is 8.59. The highest BCUT2D eigenvalue weighted by molar-refractivity contribution is 6.08. The number of carbonyl (C=O) groups excluding carboxylic acids is 1. The van der Waals surface area contributed by atoms with Crippen LogP contribution in [0, 0.1) is 0 Å². The van der Waals surface area contributed by atoms with E-state index in [4.69, 9.17) is 4.52 Å². The number of para-hydroxylation sites is 1. The summed E-state index contributed by atoms with van der Waals surface area (Å²) >= 11 is 0. The van der Waals surface area contributed by atoms with Crippen molar-refractivity contribution in [2.45, 2.75) is 44.7 Å². The van der Waals surface area contributed by atoms with E-state index in [1.807, 2.05) is 78.9 Å². The second-order valence-electron chi connectivity index (χ2n) is 11.8. The van der Waals surface area contributed by atoms with Gasteiger partial charge in [-0.25, -0.2) is 4.98 Å². The predicted molar refractivity (Wildman–Crippen MR) is 179 cm³/mol. The maximum atomic E-state index is 14.4. The summed E-state index contributed by atoms with van der Waals surface area (Å²) < 4.78 is 7.36. The molecule has 0 radical (unpaired) electrons. The van der Waals surface area contributed by atoms with Crippen molar-refractivity contribution in [1.29, 1.82) is 0 Å². The van der Waals surface area contributed by atoms with Gasteiger partial charge in [0.05, 0.1) is 23.5 Å². The molecule has 3 aromatic carbocycles. The number of hydrogen-bond donors (Lipinski definition) is 1. The fourth-order valence-electron chi connectivity index (χ4n) is 6.46. The summed E-state index contributed by atoms with van der Waals surface area (Å²) in [5.41, 5.74) is 3.37. The highest BCUT2D eigenvalue weighted by Gasteiger charge is 2.30. The van der Waals surface area contributed by atoms with Crippen molar-refractivity contribution < 1.29 is 9.32 Å². The molecule has 1 N–H and O–H groups in total. The number of carbonyl (C=O) groups is 1. The standard InChI is InChI=1S/C37H35N7O3/c1-2-30(25-11-5-3-6-12-25)40-35(45)33-28-15-9-10-16-29(28)37(46)44(27-13-7-4-8-14-27)32(33)24-43-21-17-26(18-22-43)36-41-34(42-47-36)31-23-38-19-20-39-31/h3-16,19-20,23,26,30H,2,17-18,21-22,24H2,1H3,(H,40,45)/t30-/m0/s1. The van der Waals surface area contributed by atoms with Crippen LogP contribution in [-0.4, -0.2) is 48.6 Å². The van der Waals surface area contributed by atoms with E-state index in [9.17, 15) is 9.59 Å². The van der Waals surface area contributed by atoms with Crippen LogP contribution in [-0.2, 0) is 6.54 Å². The van der Waals surface area contributed by atoms with Crippen LogP contribution in [0.15, 0.2) is 113 Å². The van der Waals surface area contributed by atoms with Gasteiger partial charge in [0, 0.05) is 41.3 Å². The van der Waals surface area contributed by atoms with E-state index >= 15 is 0 Å². The Kier molecular flexibility index (Phi) is 8.66. The Balaban J connectivity index is 1.23. The summed E-state index contributed by atoms with van der Waals surface area (Å²) in [4.78, 5) is 43.9. The third-order valence-electron chi connectivity index (χ3n) is 8.89. The number of nitrogens with one attached hydrogen (secondary N) is 1. The van der Waals surface area contributed by atoms with Crippen LogP contribution in [0.25, 0.3) is 28.0 Å². The van der Waals surface area contributed by atoms with Crippen molar-refractivity contribution in [2.75, 3.05) is 13.1 Å². The lowest BCUT2D eigenvalue weighted by molar-refractivity contribution is 0.0933. The van der Waals surface area contributed by atoms with Gasteiger partial charge in [-0.2, -0.15) is 4.98 Å². The average molecular weight is 626 g/mol. The van der Waals surface area contributed by atoms with Gasteiger partial charge in [-0.15, -0.1) is 0 Å². The summed E-state index contributed by atoms with van der Waals surface area (Å²) in [5.74, 6) is 0.906. The minimum absolute atomic E-state index is 0.0936. The van der Waals surface area contributed by atoms with E-state index in [-0.39, 0.29) is 23.4 Å². The molecule has 4 heterocycles. The summed E-state index contributed by atoms with van der Waals surface area (Å²) in [6.07, 6.45) is 7.13. The summed E-state index contributed by atoms with van der Waals surface area (Å²) in [7, 11) is 0. The molecule has 1 aliphatic rings. The van der Waals surface area contributed by atoms with E-state index in [2.05, 4.69) is 37.2 Å². The third kappa shape index (κ3) is 6.19. The monoisotopic (exact) mass is 625 g/mol. The quantitative estimate of drug-likeness (QED) is 0.205. The first kappa shape index (κ1) is 30.2. The van der Waals surface area contributed by atoms with Crippen LogP contribution in [0.1, 0.15) is 65.7 Å². The van der Waals surface area contributed by atoms with Crippen LogP contribution < -0.4 is 10.9 Å². The second-order valence-corrected chi connectivity index (χ2v) is 11.8. The van der Waals surface area contributed by atoms with Crippen LogP contribution in [0.2, 0.25) is 0 Å². The number of likely N-dealkylation sites (tertiary alicyclic amines) is 1. The molecule has 0 saturated carbocycles. The number of benzene rings is 3. The van der Waals surface area contributed by atoms with E-state index in [1.54, 1.807) is 29.2 Å².